The molecular weight excluding hydrogens is 300 g/mol. The highest BCUT2D eigenvalue weighted by Crippen LogP contribution is 2.29. The molecule has 1 saturated heterocycles. The summed E-state index contributed by atoms with van der Waals surface area (Å²) in [4.78, 5) is 4.84. The van der Waals surface area contributed by atoms with Gasteiger partial charge in [-0.3, -0.25) is 0 Å². The van der Waals surface area contributed by atoms with Crippen LogP contribution in [0.2, 0.25) is 0 Å². The largest absolute Gasteiger partial charge is 0.366 e. The van der Waals surface area contributed by atoms with E-state index < -0.39 is 0 Å². The zero-order valence-electron chi connectivity index (χ0n) is 10.3. The number of benzene rings is 1. The molecule has 1 unspecified atom stereocenters. The number of hydrogen-bond donors (Lipinski definition) is 0. The normalized spacial score (nSPS) is 21.9. The van der Waals surface area contributed by atoms with Crippen molar-refractivity contribution in [2.75, 3.05) is 31.6 Å². The van der Waals surface area contributed by atoms with Crippen molar-refractivity contribution in [1.82, 2.24) is 4.90 Å². The Kier molecular flexibility index (Phi) is 4.34. The summed E-state index contributed by atoms with van der Waals surface area (Å²) in [5, 5.41) is 0. The van der Waals surface area contributed by atoms with Gasteiger partial charge in [-0.2, -0.15) is 0 Å². The summed E-state index contributed by atoms with van der Waals surface area (Å²) in [6.07, 6.45) is 0. The fourth-order valence-corrected chi connectivity index (χ4v) is 2.99. The minimum atomic E-state index is 0.532. The third-order valence-corrected chi connectivity index (χ3v) is 4.11. The molecule has 1 heterocycles. The van der Waals surface area contributed by atoms with Crippen molar-refractivity contribution in [2.24, 2.45) is 0 Å². The first-order chi connectivity index (χ1) is 8.11. The Labute approximate surface area is 117 Å². The molecule has 0 aromatic heterocycles. The van der Waals surface area contributed by atoms with Crippen molar-refractivity contribution < 1.29 is 0 Å². The zero-order chi connectivity index (χ0) is 12.4. The molecule has 1 fully saturated rings. The van der Waals surface area contributed by atoms with Crippen LogP contribution in [-0.2, 0) is 5.88 Å². The Hall–Kier alpha value is -0.250. The molecule has 0 saturated carbocycles. The van der Waals surface area contributed by atoms with E-state index in [0.717, 1.165) is 24.1 Å². The molecule has 4 heteroatoms. The van der Waals surface area contributed by atoms with Gasteiger partial charge in [0.2, 0.25) is 0 Å². The van der Waals surface area contributed by atoms with Crippen LogP contribution in [0.5, 0.6) is 0 Å². The van der Waals surface area contributed by atoms with Gasteiger partial charge >= 0.3 is 0 Å². The standard InChI is InChI=1S/C13H18BrClN2/c1-10-9-16(2)5-6-17(10)13-7-12(14)4-3-11(13)8-15/h3-4,7,10H,5-6,8-9H2,1-2H3. The van der Waals surface area contributed by atoms with Crippen LogP contribution in [0.25, 0.3) is 0 Å². The number of alkyl halides is 1. The molecule has 0 N–H and O–H groups in total. The van der Waals surface area contributed by atoms with Crippen molar-refractivity contribution in [2.45, 2.75) is 18.8 Å². The number of hydrogen-bond acceptors (Lipinski definition) is 2. The van der Waals surface area contributed by atoms with Gasteiger partial charge in [-0.05, 0) is 31.7 Å². The molecule has 1 aliphatic heterocycles. The molecule has 1 atom stereocenters. The van der Waals surface area contributed by atoms with E-state index >= 15 is 0 Å². The van der Waals surface area contributed by atoms with Crippen LogP contribution in [-0.4, -0.2) is 37.6 Å². The van der Waals surface area contributed by atoms with Crippen molar-refractivity contribution in [3.05, 3.63) is 28.2 Å². The molecule has 0 radical (unpaired) electrons. The number of rotatable bonds is 2. The third-order valence-electron chi connectivity index (χ3n) is 3.33. The molecule has 1 aromatic carbocycles. The van der Waals surface area contributed by atoms with Crippen molar-refractivity contribution >= 4 is 33.2 Å². The van der Waals surface area contributed by atoms with Gasteiger partial charge in [-0.1, -0.05) is 22.0 Å². The summed E-state index contributed by atoms with van der Waals surface area (Å²) < 4.78 is 1.12. The van der Waals surface area contributed by atoms with E-state index in [1.807, 2.05) is 0 Å². The minimum Gasteiger partial charge on any atom is -0.366 e. The van der Waals surface area contributed by atoms with E-state index in [4.69, 9.17) is 11.6 Å². The smallest absolute Gasteiger partial charge is 0.0494 e. The van der Waals surface area contributed by atoms with Crippen LogP contribution >= 0.6 is 27.5 Å². The molecular formula is C13H18BrClN2. The molecule has 0 spiro atoms. The van der Waals surface area contributed by atoms with Crippen LogP contribution in [0.4, 0.5) is 5.69 Å². The highest BCUT2D eigenvalue weighted by atomic mass is 79.9. The van der Waals surface area contributed by atoms with Gasteiger partial charge < -0.3 is 9.80 Å². The first-order valence-corrected chi connectivity index (χ1v) is 7.24. The summed E-state index contributed by atoms with van der Waals surface area (Å²) in [6, 6.07) is 6.88. The van der Waals surface area contributed by atoms with Gasteiger partial charge in [0.1, 0.15) is 0 Å². The fraction of sp³-hybridized carbons (Fsp3) is 0.538. The molecule has 0 bridgehead atoms. The van der Waals surface area contributed by atoms with E-state index in [1.165, 1.54) is 11.3 Å². The summed E-state index contributed by atoms with van der Waals surface area (Å²) in [6.45, 7) is 5.55. The van der Waals surface area contributed by atoms with Gasteiger partial charge in [-0.15, -0.1) is 11.6 Å². The lowest BCUT2D eigenvalue weighted by Gasteiger charge is -2.40. The second-order valence-electron chi connectivity index (χ2n) is 4.71. The second-order valence-corrected chi connectivity index (χ2v) is 5.89. The van der Waals surface area contributed by atoms with Crippen LogP contribution in [0.1, 0.15) is 12.5 Å². The fourth-order valence-electron chi connectivity index (χ4n) is 2.41. The van der Waals surface area contributed by atoms with Gasteiger partial charge in [0.05, 0.1) is 0 Å². The predicted octanol–water partition coefficient (Wildman–Crippen LogP) is 3.33. The Balaban J connectivity index is 2.29. The van der Waals surface area contributed by atoms with E-state index in [2.05, 4.69) is 57.9 Å². The number of likely N-dealkylation sites (N-methyl/N-ethyl adjacent to an activating group) is 1. The van der Waals surface area contributed by atoms with E-state index in [9.17, 15) is 0 Å². The molecule has 1 aliphatic rings. The molecule has 2 nitrogen and oxygen atoms in total. The summed E-state index contributed by atoms with van der Waals surface area (Å²) >= 11 is 9.57. The minimum absolute atomic E-state index is 0.532. The molecule has 17 heavy (non-hydrogen) atoms. The number of piperazine rings is 1. The molecule has 1 aromatic rings. The molecule has 0 aliphatic carbocycles. The zero-order valence-corrected chi connectivity index (χ0v) is 12.6. The van der Waals surface area contributed by atoms with Gasteiger partial charge in [0.25, 0.3) is 0 Å². The first-order valence-electron chi connectivity index (χ1n) is 5.91. The maximum atomic E-state index is 6.03. The summed E-state index contributed by atoms with van der Waals surface area (Å²) in [5.74, 6) is 0.571. The van der Waals surface area contributed by atoms with E-state index in [0.29, 0.717) is 11.9 Å². The quantitative estimate of drug-likeness (QED) is 0.772. The lowest BCUT2D eigenvalue weighted by atomic mass is 10.1. The molecule has 0 amide bonds. The summed E-state index contributed by atoms with van der Waals surface area (Å²) in [5.41, 5.74) is 2.49. The lowest BCUT2D eigenvalue weighted by Crippen LogP contribution is -2.50. The topological polar surface area (TPSA) is 6.48 Å². The van der Waals surface area contributed by atoms with Crippen molar-refractivity contribution in [3.63, 3.8) is 0 Å². The monoisotopic (exact) mass is 316 g/mol. The van der Waals surface area contributed by atoms with Gasteiger partial charge in [-0.25, -0.2) is 0 Å². The maximum absolute atomic E-state index is 6.03. The number of anilines is 1. The average molecular weight is 318 g/mol. The van der Waals surface area contributed by atoms with Crippen molar-refractivity contribution in [1.29, 1.82) is 0 Å². The highest BCUT2D eigenvalue weighted by Gasteiger charge is 2.23. The highest BCUT2D eigenvalue weighted by molar-refractivity contribution is 9.10. The van der Waals surface area contributed by atoms with Crippen LogP contribution in [0, 0.1) is 0 Å². The van der Waals surface area contributed by atoms with E-state index in [-0.39, 0.29) is 0 Å². The predicted molar refractivity (Wildman–Crippen MR) is 78.0 cm³/mol. The summed E-state index contributed by atoms with van der Waals surface area (Å²) in [7, 11) is 2.18. The average Bonchev–Trinajstić information content (AvgIpc) is 2.29. The van der Waals surface area contributed by atoms with Gasteiger partial charge in [0, 0.05) is 41.7 Å². The van der Waals surface area contributed by atoms with Crippen molar-refractivity contribution in [3.8, 4) is 0 Å². The van der Waals surface area contributed by atoms with E-state index in [1.54, 1.807) is 0 Å². The number of halogens is 2. The Morgan fingerprint density at radius 1 is 1.41 bits per heavy atom. The third kappa shape index (κ3) is 2.95. The van der Waals surface area contributed by atoms with Gasteiger partial charge in [0.15, 0.2) is 0 Å². The van der Waals surface area contributed by atoms with Crippen LogP contribution in [0.15, 0.2) is 22.7 Å². The SMILES string of the molecule is CC1CN(C)CCN1c1cc(Br)ccc1CCl. The Morgan fingerprint density at radius 2 is 2.18 bits per heavy atom. The number of nitrogens with zero attached hydrogens (tertiary/aromatic N) is 2. The molecule has 2 rings (SSSR count). The second kappa shape index (κ2) is 5.59. The first kappa shape index (κ1) is 13.2. The Morgan fingerprint density at radius 3 is 2.82 bits per heavy atom. The lowest BCUT2D eigenvalue weighted by molar-refractivity contribution is 0.275. The Bertz CT molecular complexity index is 397. The van der Waals surface area contributed by atoms with Crippen LogP contribution in [0.3, 0.4) is 0 Å². The maximum Gasteiger partial charge on any atom is 0.0494 e. The van der Waals surface area contributed by atoms with Crippen LogP contribution < -0.4 is 4.90 Å². The molecule has 94 valence electrons.